The number of benzene rings is 1. The van der Waals surface area contributed by atoms with Crippen LogP contribution in [0.5, 0.6) is 0 Å². The molecule has 7 nitrogen and oxygen atoms in total. The fourth-order valence-electron chi connectivity index (χ4n) is 3.79. The number of hydrogen-bond donors (Lipinski definition) is 1. The molecule has 2 saturated heterocycles. The first-order valence-electron chi connectivity index (χ1n) is 9.66. The minimum absolute atomic E-state index is 0.0323. The zero-order chi connectivity index (χ0) is 19.5. The van der Waals surface area contributed by atoms with E-state index in [0.717, 1.165) is 24.3 Å². The second-order valence-corrected chi connectivity index (χ2v) is 7.23. The van der Waals surface area contributed by atoms with Gasteiger partial charge in [0.05, 0.1) is 6.26 Å². The van der Waals surface area contributed by atoms with Gasteiger partial charge in [0.25, 0.3) is 5.91 Å². The van der Waals surface area contributed by atoms with Crippen molar-refractivity contribution in [2.24, 2.45) is 5.92 Å². The van der Waals surface area contributed by atoms with E-state index in [1.807, 2.05) is 24.3 Å². The molecular weight excluding hydrogens is 358 g/mol. The van der Waals surface area contributed by atoms with E-state index in [1.165, 1.54) is 6.26 Å². The maximum atomic E-state index is 12.6. The highest BCUT2D eigenvalue weighted by Crippen LogP contribution is 2.25. The van der Waals surface area contributed by atoms with E-state index in [0.29, 0.717) is 38.1 Å². The molecule has 3 amide bonds. The highest BCUT2D eigenvalue weighted by atomic mass is 16.3. The Morgan fingerprint density at radius 1 is 1.04 bits per heavy atom. The molecule has 0 aliphatic carbocycles. The zero-order valence-corrected chi connectivity index (χ0v) is 15.6. The number of nitrogens with zero attached hydrogens (tertiary/aromatic N) is 2. The van der Waals surface area contributed by atoms with Crippen LogP contribution in [0, 0.1) is 5.92 Å². The number of nitrogens with one attached hydrogen (secondary N) is 1. The largest absolute Gasteiger partial charge is 0.459 e. The second-order valence-electron chi connectivity index (χ2n) is 7.23. The molecule has 0 unspecified atom stereocenters. The lowest BCUT2D eigenvalue weighted by Crippen LogP contribution is -2.41. The molecule has 1 aromatic carbocycles. The molecule has 1 N–H and O–H groups in total. The second kappa shape index (κ2) is 7.88. The predicted octanol–water partition coefficient (Wildman–Crippen LogP) is 2.90. The Morgan fingerprint density at radius 3 is 2.39 bits per heavy atom. The number of piperidine rings is 1. The van der Waals surface area contributed by atoms with Crippen LogP contribution in [0.2, 0.25) is 0 Å². The van der Waals surface area contributed by atoms with Crippen LogP contribution in [0.1, 0.15) is 36.2 Å². The van der Waals surface area contributed by atoms with E-state index in [1.54, 1.807) is 21.9 Å². The predicted molar refractivity (Wildman–Crippen MR) is 104 cm³/mol. The number of furan rings is 1. The lowest BCUT2D eigenvalue weighted by atomic mass is 9.95. The summed E-state index contributed by atoms with van der Waals surface area (Å²) in [6.07, 6.45) is 4.22. The topological polar surface area (TPSA) is 82.9 Å². The Bertz CT molecular complexity index is 852. The van der Waals surface area contributed by atoms with E-state index < -0.39 is 0 Å². The van der Waals surface area contributed by atoms with E-state index in [2.05, 4.69) is 5.32 Å². The molecule has 0 spiro atoms. The van der Waals surface area contributed by atoms with Crippen molar-refractivity contribution in [2.75, 3.05) is 29.9 Å². The lowest BCUT2D eigenvalue weighted by Gasteiger charge is -2.30. The van der Waals surface area contributed by atoms with Gasteiger partial charge in [-0.05, 0) is 55.7 Å². The van der Waals surface area contributed by atoms with Gasteiger partial charge < -0.3 is 19.5 Å². The number of amides is 3. The molecule has 1 aromatic heterocycles. The molecule has 3 heterocycles. The Kier molecular flexibility index (Phi) is 5.14. The third kappa shape index (κ3) is 3.78. The molecule has 2 aliphatic rings. The van der Waals surface area contributed by atoms with Crippen LogP contribution in [0.25, 0.3) is 0 Å². The molecule has 146 valence electrons. The maximum Gasteiger partial charge on any atom is 0.289 e. The Hall–Kier alpha value is -3.09. The Labute approximate surface area is 163 Å². The van der Waals surface area contributed by atoms with Crippen LogP contribution in [0.4, 0.5) is 11.4 Å². The van der Waals surface area contributed by atoms with Crippen LogP contribution >= 0.6 is 0 Å². The fourth-order valence-corrected chi connectivity index (χ4v) is 3.79. The van der Waals surface area contributed by atoms with Crippen molar-refractivity contribution in [3.05, 3.63) is 48.4 Å². The van der Waals surface area contributed by atoms with E-state index in [4.69, 9.17) is 4.42 Å². The summed E-state index contributed by atoms with van der Waals surface area (Å²) in [5.41, 5.74) is 1.58. The average Bonchev–Trinajstić information content (AvgIpc) is 3.40. The summed E-state index contributed by atoms with van der Waals surface area (Å²) in [7, 11) is 0. The van der Waals surface area contributed by atoms with E-state index in [-0.39, 0.29) is 23.6 Å². The highest BCUT2D eigenvalue weighted by molar-refractivity contribution is 5.96. The van der Waals surface area contributed by atoms with Gasteiger partial charge in [-0.15, -0.1) is 0 Å². The SMILES string of the molecule is O=C(Nc1ccc(N2CCCC2=O)cc1)C1CCN(C(=O)c2ccco2)CC1. The fraction of sp³-hybridized carbons (Fsp3) is 0.381. The molecule has 4 rings (SSSR count). The summed E-state index contributed by atoms with van der Waals surface area (Å²) in [4.78, 5) is 40.2. The van der Waals surface area contributed by atoms with Gasteiger partial charge in [0, 0.05) is 43.3 Å². The molecule has 0 bridgehead atoms. The summed E-state index contributed by atoms with van der Waals surface area (Å²) in [5.74, 6) is 0.193. The summed E-state index contributed by atoms with van der Waals surface area (Å²) in [5, 5.41) is 2.95. The minimum Gasteiger partial charge on any atom is -0.459 e. The van der Waals surface area contributed by atoms with Gasteiger partial charge in [0.2, 0.25) is 11.8 Å². The number of likely N-dealkylation sites (tertiary alicyclic amines) is 1. The van der Waals surface area contributed by atoms with Crippen LogP contribution in [-0.4, -0.2) is 42.3 Å². The van der Waals surface area contributed by atoms with Gasteiger partial charge in [-0.2, -0.15) is 0 Å². The number of rotatable bonds is 4. The number of carbonyl (C=O) groups is 3. The van der Waals surface area contributed by atoms with Crippen molar-refractivity contribution in [2.45, 2.75) is 25.7 Å². The minimum atomic E-state index is -0.129. The van der Waals surface area contributed by atoms with Crippen LogP contribution in [0.3, 0.4) is 0 Å². The van der Waals surface area contributed by atoms with Gasteiger partial charge in [-0.25, -0.2) is 0 Å². The van der Waals surface area contributed by atoms with Crippen molar-refractivity contribution >= 4 is 29.1 Å². The third-order valence-electron chi connectivity index (χ3n) is 5.40. The van der Waals surface area contributed by atoms with Gasteiger partial charge in [-0.3, -0.25) is 14.4 Å². The highest BCUT2D eigenvalue weighted by Gasteiger charge is 2.29. The number of hydrogen-bond acceptors (Lipinski definition) is 4. The van der Waals surface area contributed by atoms with Gasteiger partial charge in [0.1, 0.15) is 0 Å². The normalized spacial score (nSPS) is 17.8. The van der Waals surface area contributed by atoms with Crippen LogP contribution in [0.15, 0.2) is 47.1 Å². The molecule has 2 aliphatic heterocycles. The molecule has 0 saturated carbocycles. The molecular formula is C21H23N3O4. The first-order chi connectivity index (χ1) is 13.6. The first kappa shape index (κ1) is 18.3. The molecule has 2 fully saturated rings. The van der Waals surface area contributed by atoms with Crippen LogP contribution < -0.4 is 10.2 Å². The van der Waals surface area contributed by atoms with Crippen LogP contribution in [-0.2, 0) is 9.59 Å². The van der Waals surface area contributed by atoms with Crippen molar-refractivity contribution in [1.82, 2.24) is 4.90 Å². The van der Waals surface area contributed by atoms with Crippen molar-refractivity contribution in [3.8, 4) is 0 Å². The van der Waals surface area contributed by atoms with Crippen molar-refractivity contribution in [3.63, 3.8) is 0 Å². The Morgan fingerprint density at radius 2 is 1.79 bits per heavy atom. The summed E-state index contributed by atoms with van der Waals surface area (Å²) in [6, 6.07) is 10.7. The molecule has 0 radical (unpaired) electrons. The third-order valence-corrected chi connectivity index (χ3v) is 5.40. The monoisotopic (exact) mass is 381 g/mol. The molecule has 7 heteroatoms. The van der Waals surface area contributed by atoms with E-state index >= 15 is 0 Å². The lowest BCUT2D eigenvalue weighted by molar-refractivity contribution is -0.121. The zero-order valence-electron chi connectivity index (χ0n) is 15.6. The van der Waals surface area contributed by atoms with Gasteiger partial charge >= 0.3 is 0 Å². The van der Waals surface area contributed by atoms with Crippen molar-refractivity contribution in [1.29, 1.82) is 0 Å². The number of anilines is 2. The standard InChI is InChI=1S/C21H23N3O4/c25-19-4-1-11-24(19)17-7-5-16(6-8-17)22-20(26)15-9-12-23(13-10-15)21(27)18-3-2-14-28-18/h2-3,5-8,14-15H,1,4,9-13H2,(H,22,26). The summed E-state index contributed by atoms with van der Waals surface area (Å²) in [6.45, 7) is 1.82. The maximum absolute atomic E-state index is 12.6. The van der Waals surface area contributed by atoms with Crippen molar-refractivity contribution < 1.29 is 18.8 Å². The molecule has 2 aromatic rings. The first-order valence-corrected chi connectivity index (χ1v) is 9.66. The summed E-state index contributed by atoms with van der Waals surface area (Å²) < 4.78 is 5.16. The Balaban J connectivity index is 1.30. The van der Waals surface area contributed by atoms with Gasteiger partial charge in [0.15, 0.2) is 5.76 Å². The molecule has 0 atom stereocenters. The molecule has 28 heavy (non-hydrogen) atoms. The quantitative estimate of drug-likeness (QED) is 0.883. The average molecular weight is 381 g/mol. The summed E-state index contributed by atoms with van der Waals surface area (Å²) >= 11 is 0. The van der Waals surface area contributed by atoms with Gasteiger partial charge in [-0.1, -0.05) is 0 Å². The smallest absolute Gasteiger partial charge is 0.289 e. The number of carbonyl (C=O) groups excluding carboxylic acids is 3. The van der Waals surface area contributed by atoms with E-state index in [9.17, 15) is 14.4 Å².